The predicted molar refractivity (Wildman–Crippen MR) is 57.5 cm³/mol. The second kappa shape index (κ2) is 4.24. The molecule has 1 unspecified atom stereocenters. The first-order valence-corrected chi connectivity index (χ1v) is 5.54. The first kappa shape index (κ1) is 10.7. The molecule has 0 aliphatic carbocycles. The zero-order valence-electron chi connectivity index (χ0n) is 8.04. The van der Waals surface area contributed by atoms with Gasteiger partial charge in [0.1, 0.15) is 5.51 Å². The predicted octanol–water partition coefficient (Wildman–Crippen LogP) is 2.60. The number of aromatic nitrogens is 2. The molecule has 1 aromatic rings. The van der Waals surface area contributed by atoms with Gasteiger partial charge < -0.3 is 5.32 Å². The van der Waals surface area contributed by atoms with Crippen LogP contribution in [-0.2, 0) is 0 Å². The Morgan fingerprint density at radius 3 is 2.69 bits per heavy atom. The summed E-state index contributed by atoms with van der Waals surface area (Å²) in [6.07, 6.45) is 0. The molecule has 3 nitrogen and oxygen atoms in total. The van der Waals surface area contributed by atoms with Crippen LogP contribution in [0.15, 0.2) is 5.51 Å². The lowest BCUT2D eigenvalue weighted by molar-refractivity contribution is 0.362. The van der Waals surface area contributed by atoms with Gasteiger partial charge in [-0.3, -0.25) is 0 Å². The van der Waals surface area contributed by atoms with Gasteiger partial charge in [-0.15, -0.1) is 21.8 Å². The van der Waals surface area contributed by atoms with Gasteiger partial charge in [0, 0.05) is 11.9 Å². The quantitative estimate of drug-likeness (QED) is 0.795. The first-order valence-electron chi connectivity index (χ1n) is 4.12. The molecular weight excluding hydrogens is 206 g/mol. The normalized spacial score (nSPS) is 14.2. The van der Waals surface area contributed by atoms with E-state index in [4.69, 9.17) is 11.6 Å². The van der Waals surface area contributed by atoms with E-state index in [1.54, 1.807) is 5.51 Å². The summed E-state index contributed by atoms with van der Waals surface area (Å²) in [6, 6.07) is 0.224. The molecule has 1 rings (SSSR count). The Morgan fingerprint density at radius 2 is 2.31 bits per heavy atom. The second-order valence-corrected chi connectivity index (χ2v) is 5.10. The van der Waals surface area contributed by atoms with E-state index in [9.17, 15) is 0 Å². The third-order valence-electron chi connectivity index (χ3n) is 1.86. The molecule has 0 spiro atoms. The fraction of sp³-hybridized carbons (Fsp3) is 0.750. The maximum absolute atomic E-state index is 5.86. The Kier molecular flexibility index (Phi) is 3.50. The van der Waals surface area contributed by atoms with Crippen molar-refractivity contribution in [3.8, 4) is 0 Å². The van der Waals surface area contributed by atoms with E-state index < -0.39 is 0 Å². The Balaban J connectivity index is 2.60. The van der Waals surface area contributed by atoms with Crippen LogP contribution in [0.5, 0.6) is 0 Å². The SMILES string of the molecule is CC(C)(C)C(CCl)Nc1nncs1. The molecule has 0 radical (unpaired) electrons. The molecule has 0 saturated heterocycles. The molecular formula is C8H14ClN3S. The molecule has 0 saturated carbocycles. The van der Waals surface area contributed by atoms with Crippen LogP contribution >= 0.6 is 22.9 Å². The molecule has 1 N–H and O–H groups in total. The summed E-state index contributed by atoms with van der Waals surface area (Å²) < 4.78 is 0. The molecule has 0 aliphatic heterocycles. The van der Waals surface area contributed by atoms with Gasteiger partial charge in [0.2, 0.25) is 5.13 Å². The number of alkyl halides is 1. The van der Waals surface area contributed by atoms with Crippen molar-refractivity contribution < 1.29 is 0 Å². The topological polar surface area (TPSA) is 37.8 Å². The summed E-state index contributed by atoms with van der Waals surface area (Å²) in [5.74, 6) is 0.573. The minimum Gasteiger partial charge on any atom is -0.356 e. The minimum atomic E-state index is 0.132. The Bertz CT molecular complexity index is 242. The maximum atomic E-state index is 5.86. The smallest absolute Gasteiger partial charge is 0.205 e. The number of anilines is 1. The monoisotopic (exact) mass is 219 g/mol. The molecule has 0 fully saturated rings. The number of hydrogen-bond acceptors (Lipinski definition) is 4. The number of nitrogens with one attached hydrogen (secondary N) is 1. The Hall–Kier alpha value is -0.350. The second-order valence-electron chi connectivity index (χ2n) is 3.96. The lowest BCUT2D eigenvalue weighted by atomic mass is 9.88. The van der Waals surface area contributed by atoms with Crippen molar-refractivity contribution in [2.45, 2.75) is 26.8 Å². The largest absolute Gasteiger partial charge is 0.356 e. The van der Waals surface area contributed by atoms with Crippen molar-refractivity contribution in [1.82, 2.24) is 10.2 Å². The molecule has 1 heterocycles. The third kappa shape index (κ3) is 3.12. The molecule has 74 valence electrons. The molecule has 0 aliphatic rings. The highest BCUT2D eigenvalue weighted by Crippen LogP contribution is 2.24. The van der Waals surface area contributed by atoms with Crippen LogP contribution in [-0.4, -0.2) is 22.1 Å². The zero-order valence-corrected chi connectivity index (χ0v) is 9.61. The summed E-state index contributed by atoms with van der Waals surface area (Å²) >= 11 is 7.35. The van der Waals surface area contributed by atoms with Gasteiger partial charge in [0.15, 0.2) is 0 Å². The van der Waals surface area contributed by atoms with E-state index in [1.165, 1.54) is 11.3 Å². The lowest BCUT2D eigenvalue weighted by Crippen LogP contribution is -2.35. The first-order chi connectivity index (χ1) is 6.04. The fourth-order valence-electron chi connectivity index (χ4n) is 0.872. The van der Waals surface area contributed by atoms with Crippen LogP contribution in [0.3, 0.4) is 0 Å². The summed E-state index contributed by atoms with van der Waals surface area (Å²) in [4.78, 5) is 0. The van der Waals surface area contributed by atoms with Crippen LogP contribution in [0.1, 0.15) is 20.8 Å². The van der Waals surface area contributed by atoms with Gasteiger partial charge in [0.25, 0.3) is 0 Å². The van der Waals surface area contributed by atoms with Crippen LogP contribution in [0.25, 0.3) is 0 Å². The minimum absolute atomic E-state index is 0.132. The van der Waals surface area contributed by atoms with E-state index in [0.717, 1.165) is 5.13 Å². The van der Waals surface area contributed by atoms with Gasteiger partial charge in [0.05, 0.1) is 0 Å². The Labute approximate surface area is 87.5 Å². The third-order valence-corrected chi connectivity index (χ3v) is 2.79. The number of nitrogens with zero attached hydrogens (tertiary/aromatic N) is 2. The molecule has 5 heteroatoms. The van der Waals surface area contributed by atoms with Crippen LogP contribution in [0.4, 0.5) is 5.13 Å². The van der Waals surface area contributed by atoms with Crippen molar-refractivity contribution in [1.29, 1.82) is 0 Å². The Morgan fingerprint density at radius 1 is 1.62 bits per heavy atom. The van der Waals surface area contributed by atoms with Crippen molar-refractivity contribution in [2.75, 3.05) is 11.2 Å². The van der Waals surface area contributed by atoms with Crippen LogP contribution in [0, 0.1) is 5.41 Å². The summed E-state index contributed by atoms with van der Waals surface area (Å²) in [7, 11) is 0. The maximum Gasteiger partial charge on any atom is 0.205 e. The highest BCUT2D eigenvalue weighted by molar-refractivity contribution is 7.13. The average Bonchev–Trinajstić information content (AvgIpc) is 2.49. The fourth-order valence-corrected chi connectivity index (χ4v) is 1.91. The number of halogens is 1. The highest BCUT2D eigenvalue weighted by atomic mass is 35.5. The van der Waals surface area contributed by atoms with Gasteiger partial charge in [-0.1, -0.05) is 32.1 Å². The van der Waals surface area contributed by atoms with E-state index in [-0.39, 0.29) is 11.5 Å². The zero-order chi connectivity index (χ0) is 9.90. The van der Waals surface area contributed by atoms with Crippen molar-refractivity contribution >= 4 is 28.1 Å². The number of rotatable bonds is 3. The highest BCUT2D eigenvalue weighted by Gasteiger charge is 2.24. The molecule has 13 heavy (non-hydrogen) atoms. The van der Waals surface area contributed by atoms with E-state index in [2.05, 4.69) is 36.3 Å². The van der Waals surface area contributed by atoms with Crippen LogP contribution < -0.4 is 5.32 Å². The van der Waals surface area contributed by atoms with Gasteiger partial charge >= 0.3 is 0 Å². The average molecular weight is 220 g/mol. The van der Waals surface area contributed by atoms with E-state index in [1.807, 2.05) is 0 Å². The van der Waals surface area contributed by atoms with E-state index >= 15 is 0 Å². The molecule has 0 aromatic carbocycles. The van der Waals surface area contributed by atoms with Crippen molar-refractivity contribution in [3.05, 3.63) is 5.51 Å². The summed E-state index contributed by atoms with van der Waals surface area (Å²) in [5, 5.41) is 11.8. The molecule has 1 atom stereocenters. The van der Waals surface area contributed by atoms with Crippen molar-refractivity contribution in [3.63, 3.8) is 0 Å². The summed E-state index contributed by atoms with van der Waals surface area (Å²) in [6.45, 7) is 6.44. The molecule has 0 amide bonds. The van der Waals surface area contributed by atoms with Gasteiger partial charge in [-0.25, -0.2) is 0 Å². The molecule has 1 aromatic heterocycles. The van der Waals surface area contributed by atoms with Crippen molar-refractivity contribution in [2.24, 2.45) is 5.41 Å². The van der Waals surface area contributed by atoms with Gasteiger partial charge in [-0.2, -0.15) is 0 Å². The number of hydrogen-bond donors (Lipinski definition) is 1. The molecule has 0 bridgehead atoms. The van der Waals surface area contributed by atoms with Gasteiger partial charge in [-0.05, 0) is 5.41 Å². The standard InChI is InChI=1S/C8H14ClN3S/c1-8(2,3)6(4-9)11-7-12-10-5-13-7/h5-6H,4H2,1-3H3,(H,11,12). The van der Waals surface area contributed by atoms with Crippen LogP contribution in [0.2, 0.25) is 0 Å². The summed E-state index contributed by atoms with van der Waals surface area (Å²) in [5.41, 5.74) is 1.84. The lowest BCUT2D eigenvalue weighted by Gasteiger charge is -2.29. The van der Waals surface area contributed by atoms with E-state index in [0.29, 0.717) is 5.88 Å².